The van der Waals surface area contributed by atoms with Crippen LogP contribution in [0.5, 0.6) is 0 Å². The molecule has 0 saturated carbocycles. The number of allylic oxidation sites excluding steroid dienone is 2. The first-order valence-corrected chi connectivity index (χ1v) is 9.43. The Bertz CT molecular complexity index is 889. The van der Waals surface area contributed by atoms with Crippen molar-refractivity contribution >= 4 is 11.9 Å². The average Bonchev–Trinajstić information content (AvgIpc) is 2.78. The van der Waals surface area contributed by atoms with Crippen LogP contribution in [-0.2, 0) is 23.8 Å². The lowest BCUT2D eigenvalue weighted by Gasteiger charge is -2.40. The van der Waals surface area contributed by atoms with E-state index in [1.165, 1.54) is 14.2 Å². The molecule has 1 heterocycles. The molecule has 1 aliphatic carbocycles. The lowest BCUT2D eigenvalue weighted by molar-refractivity contribution is -0.145. The summed E-state index contributed by atoms with van der Waals surface area (Å²) in [5.74, 6) is -2.19. The van der Waals surface area contributed by atoms with Crippen LogP contribution < -0.4 is 0 Å². The Morgan fingerprint density at radius 2 is 1.79 bits per heavy atom. The first-order chi connectivity index (χ1) is 14.0. The first-order valence-electron chi connectivity index (χ1n) is 9.43. The maximum absolute atomic E-state index is 12.9. The molecule has 1 aromatic carbocycles. The number of methoxy groups -OCH3 is 2. The highest BCUT2D eigenvalue weighted by atomic mass is 16.5. The van der Waals surface area contributed by atoms with E-state index in [1.54, 1.807) is 24.3 Å². The molecular weight excluding hydrogens is 372 g/mol. The van der Waals surface area contributed by atoms with E-state index >= 15 is 0 Å². The van der Waals surface area contributed by atoms with Crippen LogP contribution in [0.25, 0.3) is 0 Å². The normalized spacial score (nSPS) is 21.9. The van der Waals surface area contributed by atoms with E-state index in [4.69, 9.17) is 19.5 Å². The van der Waals surface area contributed by atoms with Gasteiger partial charge >= 0.3 is 11.9 Å². The number of benzene rings is 1. The predicted molar refractivity (Wildman–Crippen MR) is 105 cm³/mol. The van der Waals surface area contributed by atoms with Crippen LogP contribution in [0.2, 0.25) is 0 Å². The largest absolute Gasteiger partial charge is 0.468 e. The van der Waals surface area contributed by atoms with E-state index in [-0.39, 0.29) is 0 Å². The zero-order chi connectivity index (χ0) is 21.0. The van der Waals surface area contributed by atoms with Gasteiger partial charge in [-0.05, 0) is 36.3 Å². The SMILES string of the molecule is COC(=O)C1=C(C)C=C(N2CCOCC2)C(C(=O)OC)C1c1ccc(C#N)cc1. The quantitative estimate of drug-likeness (QED) is 0.721. The van der Waals surface area contributed by atoms with Crippen LogP contribution in [0.4, 0.5) is 0 Å². The summed E-state index contributed by atoms with van der Waals surface area (Å²) in [6.07, 6.45) is 1.87. The summed E-state index contributed by atoms with van der Waals surface area (Å²) in [5.41, 5.74) is 3.22. The zero-order valence-electron chi connectivity index (χ0n) is 16.8. The molecule has 1 saturated heterocycles. The summed E-state index contributed by atoms with van der Waals surface area (Å²) in [6, 6.07) is 9.00. The van der Waals surface area contributed by atoms with Gasteiger partial charge in [-0.3, -0.25) is 4.79 Å². The summed E-state index contributed by atoms with van der Waals surface area (Å²) >= 11 is 0. The van der Waals surface area contributed by atoms with E-state index in [1.807, 2.05) is 13.0 Å². The van der Waals surface area contributed by atoms with Crippen molar-refractivity contribution in [2.75, 3.05) is 40.5 Å². The van der Waals surface area contributed by atoms with Crippen molar-refractivity contribution in [2.24, 2.45) is 5.92 Å². The van der Waals surface area contributed by atoms with Gasteiger partial charge in [-0.1, -0.05) is 12.1 Å². The molecule has 1 fully saturated rings. The number of ether oxygens (including phenoxy) is 3. The standard InChI is InChI=1S/C22H24N2O5/c1-14-12-17(24-8-10-29-11-9-24)20(22(26)28-3)19(18(14)21(25)27-2)16-6-4-15(13-23)5-7-16/h4-7,12,19-20H,8-11H2,1-3H3. The molecule has 2 atom stereocenters. The van der Waals surface area contributed by atoms with Crippen molar-refractivity contribution < 1.29 is 23.8 Å². The molecule has 7 nitrogen and oxygen atoms in total. The van der Waals surface area contributed by atoms with Gasteiger partial charge in [0.25, 0.3) is 0 Å². The number of rotatable bonds is 4. The van der Waals surface area contributed by atoms with Gasteiger partial charge in [0, 0.05) is 30.3 Å². The molecule has 1 aliphatic heterocycles. The molecule has 2 aliphatic rings. The number of esters is 2. The summed E-state index contributed by atoms with van der Waals surface area (Å²) in [4.78, 5) is 27.7. The highest BCUT2D eigenvalue weighted by Gasteiger charge is 2.44. The van der Waals surface area contributed by atoms with Gasteiger partial charge in [0.2, 0.25) is 0 Å². The van der Waals surface area contributed by atoms with Crippen LogP contribution in [0, 0.1) is 17.2 Å². The van der Waals surface area contributed by atoms with Gasteiger partial charge in [-0.25, -0.2) is 4.79 Å². The molecule has 152 valence electrons. The van der Waals surface area contributed by atoms with Gasteiger partial charge in [-0.2, -0.15) is 5.26 Å². The van der Waals surface area contributed by atoms with Crippen molar-refractivity contribution in [3.63, 3.8) is 0 Å². The van der Waals surface area contributed by atoms with E-state index in [0.29, 0.717) is 37.4 Å². The van der Waals surface area contributed by atoms with E-state index in [2.05, 4.69) is 11.0 Å². The highest BCUT2D eigenvalue weighted by Crippen LogP contribution is 2.44. The number of carbonyl (C=O) groups excluding carboxylic acids is 2. The number of hydrogen-bond donors (Lipinski definition) is 0. The van der Waals surface area contributed by atoms with Crippen molar-refractivity contribution in [1.29, 1.82) is 5.26 Å². The molecule has 0 aromatic heterocycles. The number of hydrogen-bond acceptors (Lipinski definition) is 7. The second-order valence-electron chi connectivity index (χ2n) is 6.97. The summed E-state index contributed by atoms with van der Waals surface area (Å²) < 4.78 is 15.6. The van der Waals surface area contributed by atoms with Gasteiger partial charge in [0.05, 0.1) is 39.1 Å². The average molecular weight is 396 g/mol. The van der Waals surface area contributed by atoms with Crippen molar-refractivity contribution in [2.45, 2.75) is 12.8 Å². The lowest BCUT2D eigenvalue weighted by Crippen LogP contribution is -2.43. The topological polar surface area (TPSA) is 88.9 Å². The molecule has 29 heavy (non-hydrogen) atoms. The van der Waals surface area contributed by atoms with Gasteiger partial charge in [-0.15, -0.1) is 0 Å². The minimum absolute atomic E-state index is 0.421. The Hall–Kier alpha value is -3.11. The Morgan fingerprint density at radius 1 is 1.14 bits per heavy atom. The summed E-state index contributed by atoms with van der Waals surface area (Å²) in [6.45, 7) is 4.29. The predicted octanol–water partition coefficient (Wildman–Crippen LogP) is 2.15. The van der Waals surface area contributed by atoms with Crippen molar-refractivity contribution in [3.8, 4) is 6.07 Å². The Balaban J connectivity index is 2.18. The van der Waals surface area contributed by atoms with E-state index < -0.39 is 23.8 Å². The minimum Gasteiger partial charge on any atom is -0.468 e. The molecule has 0 amide bonds. The number of nitriles is 1. The smallest absolute Gasteiger partial charge is 0.334 e. The second kappa shape index (κ2) is 8.93. The zero-order valence-corrected chi connectivity index (χ0v) is 16.8. The Kier molecular flexibility index (Phi) is 6.35. The monoisotopic (exact) mass is 396 g/mol. The number of nitrogens with zero attached hydrogens (tertiary/aromatic N) is 2. The molecule has 3 rings (SSSR count). The number of carbonyl (C=O) groups is 2. The molecule has 0 spiro atoms. The third kappa shape index (κ3) is 4.03. The molecule has 7 heteroatoms. The molecular formula is C22H24N2O5. The highest BCUT2D eigenvalue weighted by molar-refractivity contribution is 5.94. The minimum atomic E-state index is -0.705. The molecule has 1 aromatic rings. The first kappa shape index (κ1) is 20.6. The van der Waals surface area contributed by atoms with E-state index in [0.717, 1.165) is 16.8 Å². The summed E-state index contributed by atoms with van der Waals surface area (Å²) in [5, 5.41) is 9.11. The maximum atomic E-state index is 12.9. The van der Waals surface area contributed by atoms with Crippen molar-refractivity contribution in [3.05, 3.63) is 58.3 Å². The fourth-order valence-electron chi connectivity index (χ4n) is 3.99. The molecule has 0 radical (unpaired) electrons. The molecule has 0 bridgehead atoms. The third-order valence-corrected chi connectivity index (χ3v) is 5.39. The van der Waals surface area contributed by atoms with Crippen LogP contribution in [-0.4, -0.2) is 57.4 Å². The maximum Gasteiger partial charge on any atom is 0.334 e. The van der Waals surface area contributed by atoms with Crippen LogP contribution in [0.3, 0.4) is 0 Å². The molecule has 2 unspecified atom stereocenters. The van der Waals surface area contributed by atoms with Gasteiger partial charge < -0.3 is 19.1 Å². The fraction of sp³-hybridized carbons (Fsp3) is 0.409. The lowest BCUT2D eigenvalue weighted by atomic mass is 9.73. The fourth-order valence-corrected chi connectivity index (χ4v) is 3.99. The van der Waals surface area contributed by atoms with Crippen LogP contribution >= 0.6 is 0 Å². The van der Waals surface area contributed by atoms with E-state index in [9.17, 15) is 9.59 Å². The Morgan fingerprint density at radius 3 is 2.34 bits per heavy atom. The third-order valence-electron chi connectivity index (χ3n) is 5.39. The van der Waals surface area contributed by atoms with Crippen molar-refractivity contribution in [1.82, 2.24) is 4.90 Å². The second-order valence-corrected chi connectivity index (χ2v) is 6.97. The summed E-state index contributed by atoms with van der Waals surface area (Å²) in [7, 11) is 2.67. The van der Waals surface area contributed by atoms with Crippen LogP contribution in [0.15, 0.2) is 47.2 Å². The van der Waals surface area contributed by atoms with Gasteiger partial charge in [0.1, 0.15) is 5.92 Å². The number of morpholine rings is 1. The van der Waals surface area contributed by atoms with Crippen LogP contribution in [0.1, 0.15) is 24.0 Å². The Labute approximate surface area is 170 Å². The van der Waals surface area contributed by atoms with Gasteiger partial charge in [0.15, 0.2) is 0 Å². The molecule has 0 N–H and O–H groups in total.